The molecule has 2 aliphatic rings. The van der Waals surface area contributed by atoms with E-state index in [0.717, 1.165) is 41.4 Å². The molecule has 168 valence electrons. The second kappa shape index (κ2) is 9.00. The van der Waals surface area contributed by atoms with Crippen LogP contribution in [0.15, 0.2) is 41.3 Å². The van der Waals surface area contributed by atoms with Gasteiger partial charge in [0.05, 0.1) is 13.2 Å². The zero-order valence-electron chi connectivity index (χ0n) is 18.9. The van der Waals surface area contributed by atoms with Gasteiger partial charge < -0.3 is 4.74 Å². The van der Waals surface area contributed by atoms with Gasteiger partial charge in [-0.05, 0) is 55.7 Å². The molecule has 0 spiro atoms. The van der Waals surface area contributed by atoms with Crippen molar-refractivity contribution >= 4 is 17.0 Å². The van der Waals surface area contributed by atoms with Gasteiger partial charge in [-0.3, -0.25) is 14.8 Å². The number of anilines is 1. The molecule has 0 bridgehead atoms. The van der Waals surface area contributed by atoms with Gasteiger partial charge in [0.2, 0.25) is 5.95 Å². The van der Waals surface area contributed by atoms with E-state index in [1.165, 1.54) is 19.3 Å². The van der Waals surface area contributed by atoms with Crippen LogP contribution in [0.25, 0.3) is 22.2 Å². The van der Waals surface area contributed by atoms with Gasteiger partial charge in [-0.25, -0.2) is 9.99 Å². The summed E-state index contributed by atoms with van der Waals surface area (Å²) in [6.07, 6.45) is 5.81. The molecular formula is C25H31N5O2. The molecule has 1 aliphatic carbocycles. The molecule has 1 saturated heterocycles. The second-order valence-corrected chi connectivity index (χ2v) is 8.97. The summed E-state index contributed by atoms with van der Waals surface area (Å²) < 4.78 is 7.30. The molecule has 1 aliphatic heterocycles. The van der Waals surface area contributed by atoms with Crippen LogP contribution in [0, 0.1) is 18.8 Å². The molecular weight excluding hydrogens is 402 g/mol. The Kier molecular flexibility index (Phi) is 5.93. The molecule has 1 aromatic carbocycles. The first-order valence-electron chi connectivity index (χ1n) is 11.7. The summed E-state index contributed by atoms with van der Waals surface area (Å²) in [4.78, 5) is 22.9. The topological polar surface area (TPSA) is 72.3 Å². The van der Waals surface area contributed by atoms with Gasteiger partial charge in [0.1, 0.15) is 5.65 Å². The molecule has 1 N–H and O–H groups in total. The SMILES string of the molecule is CCOCCn1c(=O)c(-c2ccccc2C)cc2cnc(NN3CC4CCCC4C3)nc21. The van der Waals surface area contributed by atoms with E-state index in [0.29, 0.717) is 36.9 Å². The largest absolute Gasteiger partial charge is 0.380 e. The first kappa shape index (κ1) is 21.1. The highest BCUT2D eigenvalue weighted by atomic mass is 16.5. The van der Waals surface area contributed by atoms with Crippen molar-refractivity contribution in [1.82, 2.24) is 19.5 Å². The molecule has 3 heterocycles. The molecule has 0 amide bonds. The van der Waals surface area contributed by atoms with Crippen molar-refractivity contribution in [3.8, 4) is 11.1 Å². The molecule has 2 atom stereocenters. The molecule has 3 aromatic rings. The van der Waals surface area contributed by atoms with Crippen molar-refractivity contribution in [2.45, 2.75) is 39.7 Å². The number of hydrogen-bond acceptors (Lipinski definition) is 6. The summed E-state index contributed by atoms with van der Waals surface area (Å²) >= 11 is 0. The van der Waals surface area contributed by atoms with Gasteiger partial charge >= 0.3 is 0 Å². The number of aryl methyl sites for hydroxylation is 1. The van der Waals surface area contributed by atoms with Gasteiger partial charge in [0, 0.05) is 36.8 Å². The molecule has 7 heteroatoms. The highest BCUT2D eigenvalue weighted by molar-refractivity contribution is 5.82. The zero-order valence-corrected chi connectivity index (χ0v) is 18.9. The van der Waals surface area contributed by atoms with Crippen molar-refractivity contribution in [3.63, 3.8) is 0 Å². The monoisotopic (exact) mass is 433 g/mol. The zero-order chi connectivity index (χ0) is 22.1. The van der Waals surface area contributed by atoms with E-state index in [9.17, 15) is 4.79 Å². The van der Waals surface area contributed by atoms with E-state index in [1.807, 2.05) is 50.4 Å². The first-order chi connectivity index (χ1) is 15.6. The molecule has 1 saturated carbocycles. The maximum Gasteiger partial charge on any atom is 0.260 e. The third-order valence-electron chi connectivity index (χ3n) is 6.91. The molecule has 32 heavy (non-hydrogen) atoms. The first-order valence-corrected chi connectivity index (χ1v) is 11.7. The van der Waals surface area contributed by atoms with Gasteiger partial charge in [0.15, 0.2) is 0 Å². The van der Waals surface area contributed by atoms with Crippen LogP contribution in [0.3, 0.4) is 0 Å². The Morgan fingerprint density at radius 3 is 2.69 bits per heavy atom. The van der Waals surface area contributed by atoms with E-state index in [2.05, 4.69) is 15.4 Å². The number of ether oxygens (including phenoxy) is 1. The number of nitrogens with zero attached hydrogens (tertiary/aromatic N) is 4. The van der Waals surface area contributed by atoms with Gasteiger partial charge in [-0.1, -0.05) is 30.7 Å². The summed E-state index contributed by atoms with van der Waals surface area (Å²) in [5, 5.41) is 3.09. The van der Waals surface area contributed by atoms with E-state index < -0.39 is 0 Å². The lowest BCUT2D eigenvalue weighted by atomic mass is 10.0. The predicted molar refractivity (Wildman–Crippen MR) is 126 cm³/mol. The quantitative estimate of drug-likeness (QED) is 0.571. The smallest absolute Gasteiger partial charge is 0.260 e. The van der Waals surface area contributed by atoms with Crippen molar-refractivity contribution in [2.75, 3.05) is 31.7 Å². The molecule has 7 nitrogen and oxygen atoms in total. The van der Waals surface area contributed by atoms with Crippen LogP contribution in [-0.4, -0.2) is 45.8 Å². The third-order valence-corrected chi connectivity index (χ3v) is 6.91. The number of hydrogen-bond donors (Lipinski definition) is 1. The van der Waals surface area contributed by atoms with Crippen molar-refractivity contribution in [2.24, 2.45) is 11.8 Å². The number of hydrazine groups is 1. The van der Waals surface area contributed by atoms with Gasteiger partial charge in [-0.15, -0.1) is 0 Å². The van der Waals surface area contributed by atoms with Crippen LogP contribution in [0.2, 0.25) is 0 Å². The number of benzene rings is 1. The number of aromatic nitrogens is 3. The van der Waals surface area contributed by atoms with Gasteiger partial charge in [-0.2, -0.15) is 4.98 Å². The number of nitrogens with one attached hydrogen (secondary N) is 1. The minimum absolute atomic E-state index is 0.0492. The summed E-state index contributed by atoms with van der Waals surface area (Å²) in [7, 11) is 0. The minimum Gasteiger partial charge on any atom is -0.380 e. The fourth-order valence-corrected chi connectivity index (χ4v) is 5.26. The number of rotatable bonds is 7. The maximum atomic E-state index is 13.5. The molecule has 2 aromatic heterocycles. The van der Waals surface area contributed by atoms with Crippen LogP contribution in [-0.2, 0) is 11.3 Å². The van der Waals surface area contributed by atoms with Crippen molar-refractivity contribution in [3.05, 3.63) is 52.4 Å². The number of pyridine rings is 1. The fourth-order valence-electron chi connectivity index (χ4n) is 5.26. The molecule has 0 radical (unpaired) electrons. The van der Waals surface area contributed by atoms with E-state index >= 15 is 0 Å². The van der Waals surface area contributed by atoms with E-state index in [-0.39, 0.29) is 5.56 Å². The Morgan fingerprint density at radius 1 is 1.16 bits per heavy atom. The molecule has 5 rings (SSSR count). The second-order valence-electron chi connectivity index (χ2n) is 8.97. The van der Waals surface area contributed by atoms with Crippen LogP contribution < -0.4 is 11.0 Å². The average molecular weight is 434 g/mol. The van der Waals surface area contributed by atoms with Gasteiger partial charge in [0.25, 0.3) is 5.56 Å². The number of fused-ring (bicyclic) bond motifs is 2. The summed E-state index contributed by atoms with van der Waals surface area (Å²) in [5.74, 6) is 2.11. The standard InChI is InChI=1S/C25H31N5O2/c1-3-32-12-11-30-23-20(13-22(24(30)31)21-10-5-4-7-17(21)2)14-26-25(27-23)28-29-15-18-8-6-9-19(18)16-29/h4-5,7,10,13-14,18-19H,3,6,8-9,11-12,15-16H2,1-2H3,(H,26,27,28). The molecule has 2 unspecified atom stereocenters. The summed E-state index contributed by atoms with van der Waals surface area (Å²) in [6.45, 7) is 7.59. The van der Waals surface area contributed by atoms with Crippen LogP contribution in [0.4, 0.5) is 5.95 Å². The summed E-state index contributed by atoms with van der Waals surface area (Å²) in [5.41, 5.74) is 6.67. The highest BCUT2D eigenvalue weighted by Gasteiger charge is 2.36. The average Bonchev–Trinajstić information content (AvgIpc) is 3.38. The Hall–Kier alpha value is -2.77. The van der Waals surface area contributed by atoms with Crippen molar-refractivity contribution in [1.29, 1.82) is 0 Å². The predicted octanol–water partition coefficient (Wildman–Crippen LogP) is 3.86. The summed E-state index contributed by atoms with van der Waals surface area (Å²) in [6, 6.07) is 9.89. The lowest BCUT2D eigenvalue weighted by Crippen LogP contribution is -2.30. The van der Waals surface area contributed by atoms with E-state index in [1.54, 1.807) is 4.57 Å². The van der Waals surface area contributed by atoms with Crippen molar-refractivity contribution < 1.29 is 4.74 Å². The maximum absolute atomic E-state index is 13.5. The normalized spacial score (nSPS) is 20.7. The third kappa shape index (κ3) is 4.02. The Bertz CT molecular complexity index is 1160. The highest BCUT2D eigenvalue weighted by Crippen LogP contribution is 2.37. The lowest BCUT2D eigenvalue weighted by Gasteiger charge is -2.19. The Labute approximate surface area is 188 Å². The van der Waals surface area contributed by atoms with Crippen LogP contribution in [0.1, 0.15) is 31.7 Å². The van der Waals surface area contributed by atoms with E-state index in [4.69, 9.17) is 9.72 Å². The fraction of sp³-hybridized carbons (Fsp3) is 0.480. The lowest BCUT2D eigenvalue weighted by molar-refractivity contribution is 0.139. The van der Waals surface area contributed by atoms with Crippen LogP contribution in [0.5, 0.6) is 0 Å². The van der Waals surface area contributed by atoms with Crippen LogP contribution >= 0.6 is 0 Å². The minimum atomic E-state index is -0.0492. The Balaban J connectivity index is 1.52. The Morgan fingerprint density at radius 2 is 1.94 bits per heavy atom. The molecule has 2 fully saturated rings.